The molecule has 0 spiro atoms. The maximum atomic E-state index is 14.7. The van der Waals surface area contributed by atoms with Crippen molar-refractivity contribution < 1.29 is 4.39 Å². The van der Waals surface area contributed by atoms with Gasteiger partial charge in [0.15, 0.2) is 5.13 Å². The summed E-state index contributed by atoms with van der Waals surface area (Å²) in [5.74, 6) is 1.21. The molecule has 2 aliphatic heterocycles. The molecule has 2 N–H and O–H groups in total. The SMILES string of the molecule is Fc1cc(N2CCCC(C3CCNCC3)C2)c(Cl)cc1SNc1nccs1. The normalized spacial score (nSPS) is 21.4. The van der Waals surface area contributed by atoms with E-state index in [4.69, 9.17) is 11.6 Å². The summed E-state index contributed by atoms with van der Waals surface area (Å²) in [6.07, 6.45) is 6.63. The molecule has 2 saturated heterocycles. The van der Waals surface area contributed by atoms with Gasteiger partial charge in [-0.25, -0.2) is 9.37 Å². The predicted molar refractivity (Wildman–Crippen MR) is 114 cm³/mol. The summed E-state index contributed by atoms with van der Waals surface area (Å²) in [6.45, 7) is 4.17. The van der Waals surface area contributed by atoms with Crippen LogP contribution in [0.5, 0.6) is 0 Å². The number of benzene rings is 1. The van der Waals surface area contributed by atoms with Gasteiger partial charge in [0.25, 0.3) is 0 Å². The smallest absolute Gasteiger partial charge is 0.192 e. The molecule has 8 heteroatoms. The third kappa shape index (κ3) is 4.70. The number of anilines is 2. The summed E-state index contributed by atoms with van der Waals surface area (Å²) >= 11 is 9.25. The molecular formula is C19H24ClFN4S2. The van der Waals surface area contributed by atoms with Crippen LogP contribution >= 0.6 is 34.9 Å². The Balaban J connectivity index is 1.45. The fraction of sp³-hybridized carbons (Fsp3) is 0.526. The molecule has 2 aromatic rings. The van der Waals surface area contributed by atoms with Crippen LogP contribution in [0.2, 0.25) is 5.02 Å². The summed E-state index contributed by atoms with van der Waals surface area (Å²) in [5.41, 5.74) is 0.825. The third-order valence-corrected chi connectivity index (χ3v) is 7.48. The Bertz CT molecular complexity index is 752. The van der Waals surface area contributed by atoms with E-state index in [-0.39, 0.29) is 5.82 Å². The van der Waals surface area contributed by atoms with Crippen molar-refractivity contribution in [2.45, 2.75) is 30.6 Å². The molecule has 4 rings (SSSR count). The van der Waals surface area contributed by atoms with Crippen LogP contribution in [0.4, 0.5) is 15.2 Å². The van der Waals surface area contributed by atoms with Crippen LogP contribution in [0, 0.1) is 17.7 Å². The van der Waals surface area contributed by atoms with E-state index in [1.165, 1.54) is 42.5 Å². The molecule has 146 valence electrons. The van der Waals surface area contributed by atoms with Crippen molar-refractivity contribution in [1.82, 2.24) is 10.3 Å². The third-order valence-electron chi connectivity index (χ3n) is 5.53. The van der Waals surface area contributed by atoms with Crippen molar-refractivity contribution in [3.8, 4) is 0 Å². The first-order chi connectivity index (χ1) is 13.2. The summed E-state index contributed by atoms with van der Waals surface area (Å²) in [5, 5.41) is 6.69. The van der Waals surface area contributed by atoms with Crippen molar-refractivity contribution in [1.29, 1.82) is 0 Å². The molecule has 0 amide bonds. The van der Waals surface area contributed by atoms with E-state index in [0.29, 0.717) is 15.8 Å². The van der Waals surface area contributed by atoms with E-state index in [1.54, 1.807) is 18.3 Å². The van der Waals surface area contributed by atoms with Crippen LogP contribution in [-0.2, 0) is 0 Å². The quantitative estimate of drug-likeness (QED) is 0.637. The Morgan fingerprint density at radius 2 is 2.11 bits per heavy atom. The summed E-state index contributed by atoms with van der Waals surface area (Å²) < 4.78 is 17.8. The molecule has 1 atom stereocenters. The lowest BCUT2D eigenvalue weighted by molar-refractivity contribution is 0.230. The average molecular weight is 427 g/mol. The molecule has 2 fully saturated rings. The molecule has 0 bridgehead atoms. The molecule has 4 nitrogen and oxygen atoms in total. The zero-order chi connectivity index (χ0) is 18.6. The number of rotatable bonds is 5. The van der Waals surface area contributed by atoms with Crippen LogP contribution in [0.3, 0.4) is 0 Å². The highest BCUT2D eigenvalue weighted by Gasteiger charge is 2.29. The fourth-order valence-corrected chi connectivity index (χ4v) is 5.76. The van der Waals surface area contributed by atoms with Crippen molar-refractivity contribution in [2.75, 3.05) is 35.8 Å². The number of nitrogens with one attached hydrogen (secondary N) is 2. The van der Waals surface area contributed by atoms with Crippen molar-refractivity contribution >= 4 is 45.7 Å². The molecule has 1 aromatic heterocycles. The van der Waals surface area contributed by atoms with Gasteiger partial charge in [-0.1, -0.05) is 11.6 Å². The van der Waals surface area contributed by atoms with E-state index in [2.05, 4.69) is 19.9 Å². The molecular weight excluding hydrogens is 403 g/mol. The minimum Gasteiger partial charge on any atom is -0.370 e. The van der Waals surface area contributed by atoms with Crippen LogP contribution < -0.4 is 14.9 Å². The lowest BCUT2D eigenvalue weighted by Crippen LogP contribution is -2.41. The minimum absolute atomic E-state index is 0.243. The first-order valence-corrected chi connectivity index (χ1v) is 11.5. The predicted octanol–water partition coefficient (Wildman–Crippen LogP) is 5.27. The van der Waals surface area contributed by atoms with Gasteiger partial charge in [0, 0.05) is 24.7 Å². The fourth-order valence-electron chi connectivity index (χ4n) is 4.14. The minimum atomic E-state index is -0.243. The molecule has 3 heterocycles. The molecule has 0 saturated carbocycles. The van der Waals surface area contributed by atoms with E-state index in [0.717, 1.165) is 49.3 Å². The number of halogens is 2. The van der Waals surface area contributed by atoms with Crippen molar-refractivity contribution in [3.63, 3.8) is 0 Å². The van der Waals surface area contributed by atoms with E-state index >= 15 is 0 Å². The summed E-state index contributed by atoms with van der Waals surface area (Å²) in [7, 11) is 0. The van der Waals surface area contributed by atoms with E-state index in [1.807, 2.05) is 5.38 Å². The number of piperidine rings is 2. The Hall–Kier alpha value is -1.02. The van der Waals surface area contributed by atoms with Crippen LogP contribution in [-0.4, -0.2) is 31.2 Å². The lowest BCUT2D eigenvalue weighted by atomic mass is 9.80. The summed E-state index contributed by atoms with van der Waals surface area (Å²) in [6, 6.07) is 3.32. The highest BCUT2D eigenvalue weighted by Crippen LogP contribution is 2.37. The van der Waals surface area contributed by atoms with Gasteiger partial charge >= 0.3 is 0 Å². The van der Waals surface area contributed by atoms with Crippen molar-refractivity contribution in [2.24, 2.45) is 11.8 Å². The second kappa shape index (κ2) is 8.99. The Morgan fingerprint density at radius 3 is 2.89 bits per heavy atom. The van der Waals surface area contributed by atoms with E-state index < -0.39 is 0 Å². The monoisotopic (exact) mass is 426 g/mol. The molecule has 0 aliphatic carbocycles. The van der Waals surface area contributed by atoms with Crippen LogP contribution in [0.15, 0.2) is 28.6 Å². The molecule has 1 aromatic carbocycles. The Morgan fingerprint density at radius 1 is 1.26 bits per heavy atom. The van der Waals surface area contributed by atoms with Gasteiger partial charge in [-0.05, 0) is 74.7 Å². The summed E-state index contributed by atoms with van der Waals surface area (Å²) in [4.78, 5) is 6.92. The number of hydrogen-bond donors (Lipinski definition) is 2. The Kier molecular flexibility index (Phi) is 6.42. The topological polar surface area (TPSA) is 40.2 Å². The van der Waals surface area contributed by atoms with Gasteiger partial charge in [-0.2, -0.15) is 0 Å². The van der Waals surface area contributed by atoms with Gasteiger partial charge < -0.3 is 14.9 Å². The number of aromatic nitrogens is 1. The average Bonchev–Trinajstić information content (AvgIpc) is 3.23. The second-order valence-electron chi connectivity index (χ2n) is 7.21. The zero-order valence-electron chi connectivity index (χ0n) is 15.1. The maximum Gasteiger partial charge on any atom is 0.192 e. The van der Waals surface area contributed by atoms with Gasteiger partial charge in [-0.15, -0.1) is 11.3 Å². The molecule has 2 aliphatic rings. The van der Waals surface area contributed by atoms with Gasteiger partial charge in [-0.3, -0.25) is 0 Å². The molecule has 0 radical (unpaired) electrons. The number of hydrogen-bond acceptors (Lipinski definition) is 6. The Labute approximate surface area is 173 Å². The standard InChI is InChI=1S/C19H24ClFN4S2/c20-15-10-18(27-24-19-23-7-9-26-19)16(21)11-17(15)25-8-1-2-14(12-25)13-3-5-22-6-4-13/h7,9-11,13-14,22H,1-6,8,12H2,(H,23,24). The second-order valence-corrected chi connectivity index (χ2v) is 9.36. The van der Waals surface area contributed by atoms with Gasteiger partial charge in [0.2, 0.25) is 0 Å². The van der Waals surface area contributed by atoms with Gasteiger partial charge in [0.1, 0.15) is 5.82 Å². The van der Waals surface area contributed by atoms with Gasteiger partial charge in [0.05, 0.1) is 15.6 Å². The van der Waals surface area contributed by atoms with Crippen molar-refractivity contribution in [3.05, 3.63) is 34.5 Å². The van der Waals surface area contributed by atoms with Crippen LogP contribution in [0.25, 0.3) is 0 Å². The van der Waals surface area contributed by atoms with Crippen LogP contribution in [0.1, 0.15) is 25.7 Å². The lowest BCUT2D eigenvalue weighted by Gasteiger charge is -2.40. The number of nitrogens with zero attached hydrogens (tertiary/aromatic N) is 2. The molecule has 27 heavy (non-hydrogen) atoms. The first kappa shape index (κ1) is 19.3. The highest BCUT2D eigenvalue weighted by molar-refractivity contribution is 8.00. The zero-order valence-corrected chi connectivity index (χ0v) is 17.5. The number of thiazole rings is 1. The first-order valence-electron chi connectivity index (χ1n) is 9.48. The van der Waals surface area contributed by atoms with E-state index in [9.17, 15) is 4.39 Å². The molecule has 1 unspecified atom stereocenters. The highest BCUT2D eigenvalue weighted by atomic mass is 35.5. The maximum absolute atomic E-state index is 14.7. The largest absolute Gasteiger partial charge is 0.370 e.